The summed E-state index contributed by atoms with van der Waals surface area (Å²) in [6, 6.07) is 12.1. The molecule has 5 nitrogen and oxygen atoms in total. The zero-order valence-electron chi connectivity index (χ0n) is 14.2. The van der Waals surface area contributed by atoms with Crippen LogP contribution in [0.1, 0.15) is 42.2 Å². The molecule has 2 rings (SSSR count). The van der Waals surface area contributed by atoms with Crippen LogP contribution in [0.2, 0.25) is 0 Å². The van der Waals surface area contributed by atoms with Gasteiger partial charge >= 0.3 is 11.9 Å². The molecule has 0 saturated heterocycles. The molecule has 0 fully saturated rings. The first-order valence-electron chi connectivity index (χ1n) is 7.50. The summed E-state index contributed by atoms with van der Waals surface area (Å²) in [6.07, 6.45) is 0. The minimum atomic E-state index is -0.633. The topological polar surface area (TPSA) is 69.7 Å². The van der Waals surface area contributed by atoms with Gasteiger partial charge in [-0.1, -0.05) is 48.2 Å². The summed E-state index contributed by atoms with van der Waals surface area (Å²) >= 11 is 1.07. The second-order valence-corrected chi connectivity index (χ2v) is 6.16. The van der Waals surface area contributed by atoms with Crippen LogP contribution in [0.5, 0.6) is 0 Å². The lowest BCUT2D eigenvalue weighted by Gasteiger charge is -2.14. The van der Waals surface area contributed by atoms with Gasteiger partial charge in [0.2, 0.25) is 5.12 Å². The molecule has 0 N–H and O–H groups in total. The van der Waals surface area contributed by atoms with Crippen molar-refractivity contribution in [3.05, 3.63) is 70.3 Å². The highest BCUT2D eigenvalue weighted by Gasteiger charge is 2.24. The highest BCUT2D eigenvalue weighted by atomic mass is 32.2. The normalized spacial score (nSPS) is 10.2. The predicted octanol–water partition coefficient (Wildman–Crippen LogP) is 3.64. The van der Waals surface area contributed by atoms with Crippen LogP contribution >= 0.6 is 11.8 Å². The number of hydrogen-bond acceptors (Lipinski definition) is 6. The highest BCUT2D eigenvalue weighted by molar-refractivity contribution is 8.13. The van der Waals surface area contributed by atoms with Gasteiger partial charge in [-0.2, -0.15) is 0 Å². The van der Waals surface area contributed by atoms with Gasteiger partial charge in [0.05, 0.1) is 25.3 Å². The van der Waals surface area contributed by atoms with E-state index < -0.39 is 11.9 Å². The maximum absolute atomic E-state index is 12.3. The number of thioether (sulfide) groups is 1. The average molecular weight is 358 g/mol. The number of hydrogen-bond donors (Lipinski definition) is 0. The van der Waals surface area contributed by atoms with E-state index in [-0.39, 0.29) is 22.0 Å². The van der Waals surface area contributed by atoms with Gasteiger partial charge in [0.1, 0.15) is 0 Å². The van der Waals surface area contributed by atoms with Crippen molar-refractivity contribution in [3.8, 4) is 0 Å². The van der Waals surface area contributed by atoms with Crippen LogP contribution in [0.15, 0.2) is 42.5 Å². The third kappa shape index (κ3) is 4.28. The van der Waals surface area contributed by atoms with Gasteiger partial charge in [0.15, 0.2) is 0 Å². The Balaban J connectivity index is 2.37. The van der Waals surface area contributed by atoms with Crippen molar-refractivity contribution in [2.75, 3.05) is 14.2 Å². The standard InChI is InChI=1S/C19H18O5S/c1-12-9-10-14(17(20)23-2)16(18(21)24-3)15(12)11-25-19(22)13-7-5-4-6-8-13/h4-10H,11H2,1-3H3. The van der Waals surface area contributed by atoms with E-state index in [0.717, 1.165) is 17.3 Å². The molecule has 0 heterocycles. The van der Waals surface area contributed by atoms with Gasteiger partial charge in [-0.3, -0.25) is 4.79 Å². The zero-order chi connectivity index (χ0) is 18.4. The Hall–Kier alpha value is -2.60. The molecule has 0 unspecified atom stereocenters. The Morgan fingerprint density at radius 1 is 0.920 bits per heavy atom. The molecule has 2 aromatic carbocycles. The number of rotatable bonds is 5. The van der Waals surface area contributed by atoms with Gasteiger partial charge in [-0.15, -0.1) is 0 Å². The van der Waals surface area contributed by atoms with Crippen molar-refractivity contribution in [2.45, 2.75) is 12.7 Å². The lowest BCUT2D eigenvalue weighted by atomic mass is 9.97. The first kappa shape index (κ1) is 18.7. The average Bonchev–Trinajstić information content (AvgIpc) is 2.65. The first-order chi connectivity index (χ1) is 12.0. The fraction of sp³-hybridized carbons (Fsp3) is 0.211. The van der Waals surface area contributed by atoms with Gasteiger partial charge in [0, 0.05) is 11.3 Å². The maximum Gasteiger partial charge on any atom is 0.339 e. The Morgan fingerprint density at radius 3 is 2.16 bits per heavy atom. The number of benzene rings is 2. The summed E-state index contributed by atoms with van der Waals surface area (Å²) in [7, 11) is 2.49. The maximum atomic E-state index is 12.3. The van der Waals surface area contributed by atoms with E-state index in [0.29, 0.717) is 11.1 Å². The third-order valence-electron chi connectivity index (χ3n) is 3.70. The van der Waals surface area contributed by atoms with Crippen molar-refractivity contribution in [1.82, 2.24) is 0 Å². The molecule has 0 amide bonds. The summed E-state index contributed by atoms with van der Waals surface area (Å²) in [4.78, 5) is 36.5. The number of carbonyl (C=O) groups excluding carboxylic acids is 3. The van der Waals surface area contributed by atoms with Crippen molar-refractivity contribution in [1.29, 1.82) is 0 Å². The van der Waals surface area contributed by atoms with E-state index in [2.05, 4.69) is 0 Å². The fourth-order valence-corrected chi connectivity index (χ4v) is 3.30. The van der Waals surface area contributed by atoms with Gasteiger partial charge < -0.3 is 9.47 Å². The number of carbonyl (C=O) groups is 3. The Morgan fingerprint density at radius 2 is 1.56 bits per heavy atom. The summed E-state index contributed by atoms with van der Waals surface area (Å²) in [6.45, 7) is 1.82. The van der Waals surface area contributed by atoms with E-state index >= 15 is 0 Å². The van der Waals surface area contributed by atoms with Crippen molar-refractivity contribution >= 4 is 28.8 Å². The molecule has 0 aliphatic heterocycles. The van der Waals surface area contributed by atoms with E-state index in [1.807, 2.05) is 13.0 Å². The summed E-state index contributed by atoms with van der Waals surface area (Å²) < 4.78 is 9.56. The fourth-order valence-electron chi connectivity index (χ4n) is 2.35. The number of esters is 2. The van der Waals surface area contributed by atoms with Crippen LogP contribution in [0, 0.1) is 6.92 Å². The van der Waals surface area contributed by atoms with Crippen LogP contribution in [-0.2, 0) is 15.2 Å². The Bertz CT molecular complexity index is 799. The highest BCUT2D eigenvalue weighted by Crippen LogP contribution is 2.27. The van der Waals surface area contributed by atoms with Crippen LogP contribution in [0.3, 0.4) is 0 Å². The largest absolute Gasteiger partial charge is 0.465 e. The molecule has 6 heteroatoms. The molecule has 0 aromatic heterocycles. The SMILES string of the molecule is COC(=O)c1ccc(C)c(CSC(=O)c2ccccc2)c1C(=O)OC. The van der Waals surface area contributed by atoms with Gasteiger partial charge in [-0.05, 0) is 24.1 Å². The zero-order valence-corrected chi connectivity index (χ0v) is 15.0. The van der Waals surface area contributed by atoms with Crippen molar-refractivity contribution < 1.29 is 23.9 Å². The van der Waals surface area contributed by atoms with E-state index in [1.165, 1.54) is 20.3 Å². The van der Waals surface area contributed by atoms with Gasteiger partial charge in [-0.25, -0.2) is 9.59 Å². The third-order valence-corrected chi connectivity index (χ3v) is 4.63. The van der Waals surface area contributed by atoms with Crippen molar-refractivity contribution in [3.63, 3.8) is 0 Å². The van der Waals surface area contributed by atoms with Crippen LogP contribution in [0.4, 0.5) is 0 Å². The molecule has 2 aromatic rings. The molecule has 0 spiro atoms. The van der Waals surface area contributed by atoms with E-state index in [9.17, 15) is 14.4 Å². The molecular formula is C19H18O5S. The number of methoxy groups -OCH3 is 2. The minimum absolute atomic E-state index is 0.112. The smallest absolute Gasteiger partial charge is 0.339 e. The predicted molar refractivity (Wildman–Crippen MR) is 95.9 cm³/mol. The first-order valence-corrected chi connectivity index (χ1v) is 8.49. The van der Waals surface area contributed by atoms with E-state index in [4.69, 9.17) is 9.47 Å². The minimum Gasteiger partial charge on any atom is -0.465 e. The summed E-state index contributed by atoms with van der Waals surface area (Å²) in [5.41, 5.74) is 2.23. The Labute approximate surface area is 150 Å². The second-order valence-electron chi connectivity index (χ2n) is 5.21. The van der Waals surface area contributed by atoms with Gasteiger partial charge in [0.25, 0.3) is 0 Å². The second kappa shape index (κ2) is 8.48. The molecule has 0 saturated carbocycles. The van der Waals surface area contributed by atoms with Crippen LogP contribution in [-0.4, -0.2) is 31.3 Å². The number of aryl methyl sites for hydroxylation is 1. The summed E-state index contributed by atoms with van der Waals surface area (Å²) in [5, 5.41) is -0.112. The lowest BCUT2D eigenvalue weighted by molar-refractivity contribution is 0.0554. The molecule has 25 heavy (non-hydrogen) atoms. The quantitative estimate of drug-likeness (QED) is 0.760. The molecule has 0 atom stereocenters. The Kier molecular flexibility index (Phi) is 6.36. The van der Waals surface area contributed by atoms with Crippen molar-refractivity contribution in [2.24, 2.45) is 0 Å². The van der Waals surface area contributed by atoms with E-state index in [1.54, 1.807) is 30.3 Å². The molecule has 130 valence electrons. The molecule has 0 aliphatic carbocycles. The molecular weight excluding hydrogens is 340 g/mol. The molecule has 0 bridgehead atoms. The lowest BCUT2D eigenvalue weighted by Crippen LogP contribution is -2.15. The monoisotopic (exact) mass is 358 g/mol. The molecule has 0 aliphatic rings. The van der Waals surface area contributed by atoms with Crippen LogP contribution in [0.25, 0.3) is 0 Å². The molecule has 0 radical (unpaired) electrons. The summed E-state index contributed by atoms with van der Waals surface area (Å²) in [5.74, 6) is -1.01. The van der Waals surface area contributed by atoms with Crippen LogP contribution < -0.4 is 0 Å². The number of ether oxygens (including phenoxy) is 2.